The van der Waals surface area contributed by atoms with Crippen molar-refractivity contribution in [2.45, 2.75) is 71.5 Å². The number of rotatable bonds is 12. The summed E-state index contributed by atoms with van der Waals surface area (Å²) in [5, 5.41) is 10.0. The van der Waals surface area contributed by atoms with Crippen LogP contribution < -0.4 is 0 Å². The van der Waals surface area contributed by atoms with Crippen molar-refractivity contribution in [3.05, 3.63) is 82.7 Å². The van der Waals surface area contributed by atoms with E-state index in [-0.39, 0.29) is 19.0 Å². The fourth-order valence-electron chi connectivity index (χ4n) is 4.90. The monoisotopic (exact) mass is 581 g/mol. The highest BCUT2D eigenvalue weighted by molar-refractivity contribution is 5.77. The molecular formula is C32H37F6NO2. The first kappa shape index (κ1) is 32.4. The summed E-state index contributed by atoms with van der Waals surface area (Å²) >= 11 is 0. The molecule has 1 aliphatic rings. The van der Waals surface area contributed by atoms with Gasteiger partial charge in [0, 0.05) is 13.1 Å². The fraction of sp³-hybridized carbons (Fsp3) is 0.469. The molecule has 3 nitrogen and oxygen atoms in total. The summed E-state index contributed by atoms with van der Waals surface area (Å²) in [4.78, 5) is 14.2. The SMILES string of the molecule is CC(C)CCN(CC1=CC(F)C(F)C(F)=C1)Cc1cc(-c2ccc(C(F)(F)F)cc2)cc(C(CC(C)C)C(=O)O)c1. The third kappa shape index (κ3) is 9.21. The van der Waals surface area contributed by atoms with E-state index in [1.807, 2.05) is 32.6 Å². The molecular weight excluding hydrogens is 544 g/mol. The second-order valence-corrected chi connectivity index (χ2v) is 11.6. The molecule has 0 saturated carbocycles. The van der Waals surface area contributed by atoms with Gasteiger partial charge in [-0.1, -0.05) is 52.0 Å². The second kappa shape index (κ2) is 13.7. The largest absolute Gasteiger partial charge is 0.481 e. The maximum atomic E-state index is 14.1. The smallest absolute Gasteiger partial charge is 0.416 e. The van der Waals surface area contributed by atoms with Crippen LogP contribution in [0.25, 0.3) is 11.1 Å². The van der Waals surface area contributed by atoms with Gasteiger partial charge in [0.05, 0.1) is 11.5 Å². The van der Waals surface area contributed by atoms with Crippen LogP contribution in [0.2, 0.25) is 0 Å². The highest BCUT2D eigenvalue weighted by Gasteiger charge is 2.30. The van der Waals surface area contributed by atoms with Crippen molar-refractivity contribution in [2.24, 2.45) is 11.8 Å². The Labute approximate surface area is 237 Å². The van der Waals surface area contributed by atoms with Crippen molar-refractivity contribution in [1.29, 1.82) is 0 Å². The first-order chi connectivity index (χ1) is 19.1. The van der Waals surface area contributed by atoms with Crippen molar-refractivity contribution in [2.75, 3.05) is 13.1 Å². The number of carboxylic acid groups (broad SMARTS) is 1. The molecule has 0 bridgehead atoms. The molecule has 3 rings (SSSR count). The lowest BCUT2D eigenvalue weighted by Crippen LogP contribution is -2.30. The van der Waals surface area contributed by atoms with Crippen LogP contribution >= 0.6 is 0 Å². The maximum absolute atomic E-state index is 14.1. The van der Waals surface area contributed by atoms with Crippen LogP contribution in [0.5, 0.6) is 0 Å². The third-order valence-corrected chi connectivity index (χ3v) is 7.04. The van der Waals surface area contributed by atoms with Gasteiger partial charge in [-0.15, -0.1) is 0 Å². The van der Waals surface area contributed by atoms with Gasteiger partial charge in [0.15, 0.2) is 12.3 Å². The molecule has 0 aromatic heterocycles. The van der Waals surface area contributed by atoms with Crippen molar-refractivity contribution in [1.82, 2.24) is 4.90 Å². The molecule has 9 heteroatoms. The lowest BCUT2D eigenvalue weighted by molar-refractivity contribution is -0.139. The standard InChI is InChI=1S/C32H37F6NO2/c1-19(2)9-10-39(18-22-14-28(33)30(35)29(34)15-22)17-21-12-24(23-5-7-26(8-6-23)32(36,37)38)16-25(13-21)27(31(40)41)11-20(3)4/h5-8,12-16,19-20,27-28,30H,9-11,17-18H2,1-4H3,(H,40,41). The number of carbonyl (C=O) groups is 1. The van der Waals surface area contributed by atoms with E-state index >= 15 is 0 Å². The average Bonchev–Trinajstić information content (AvgIpc) is 2.88. The molecule has 0 aliphatic heterocycles. The number of alkyl halides is 5. The first-order valence-corrected chi connectivity index (χ1v) is 13.8. The summed E-state index contributed by atoms with van der Waals surface area (Å²) in [6.07, 6.45) is -5.68. The number of nitrogens with zero attached hydrogens (tertiary/aromatic N) is 1. The predicted octanol–water partition coefficient (Wildman–Crippen LogP) is 8.90. The van der Waals surface area contributed by atoms with Gasteiger partial charge in [-0.3, -0.25) is 9.69 Å². The molecule has 0 saturated heterocycles. The molecule has 1 aliphatic carbocycles. The zero-order valence-corrected chi connectivity index (χ0v) is 23.7. The summed E-state index contributed by atoms with van der Waals surface area (Å²) in [5.74, 6) is -2.61. The maximum Gasteiger partial charge on any atom is 0.416 e. The summed E-state index contributed by atoms with van der Waals surface area (Å²) in [6, 6.07) is 9.96. The molecule has 224 valence electrons. The zero-order valence-electron chi connectivity index (χ0n) is 23.7. The Morgan fingerprint density at radius 1 is 0.951 bits per heavy atom. The van der Waals surface area contributed by atoms with Gasteiger partial charge < -0.3 is 5.11 Å². The summed E-state index contributed by atoms with van der Waals surface area (Å²) in [7, 11) is 0. The van der Waals surface area contributed by atoms with Crippen molar-refractivity contribution >= 4 is 5.97 Å². The molecule has 41 heavy (non-hydrogen) atoms. The van der Waals surface area contributed by atoms with Gasteiger partial charge in [-0.05, 0) is 89.4 Å². The highest BCUT2D eigenvalue weighted by atomic mass is 19.4. The van der Waals surface area contributed by atoms with E-state index < -0.39 is 41.8 Å². The molecule has 0 amide bonds. The van der Waals surface area contributed by atoms with Crippen LogP contribution in [-0.2, 0) is 17.5 Å². The summed E-state index contributed by atoms with van der Waals surface area (Å²) < 4.78 is 81.2. The second-order valence-electron chi connectivity index (χ2n) is 11.6. The van der Waals surface area contributed by atoms with Crippen LogP contribution in [-0.4, -0.2) is 41.4 Å². The number of carboxylic acids is 1. The van der Waals surface area contributed by atoms with Crippen LogP contribution in [0.4, 0.5) is 26.3 Å². The quantitative estimate of drug-likeness (QED) is 0.255. The molecule has 0 fully saturated rings. The van der Waals surface area contributed by atoms with Crippen LogP contribution in [0.1, 0.15) is 63.1 Å². The van der Waals surface area contributed by atoms with Crippen molar-refractivity contribution in [3.63, 3.8) is 0 Å². The molecule has 0 radical (unpaired) electrons. The number of benzene rings is 2. The Kier molecular flexibility index (Phi) is 10.9. The van der Waals surface area contributed by atoms with Crippen LogP contribution in [0.15, 0.2) is 66.0 Å². The van der Waals surface area contributed by atoms with Crippen LogP contribution in [0, 0.1) is 11.8 Å². The molecule has 1 N–H and O–H groups in total. The van der Waals surface area contributed by atoms with E-state index in [1.165, 1.54) is 12.1 Å². The van der Waals surface area contributed by atoms with Gasteiger partial charge in [-0.25, -0.2) is 13.2 Å². The molecule has 0 heterocycles. The fourth-order valence-corrected chi connectivity index (χ4v) is 4.90. The Morgan fingerprint density at radius 3 is 2.15 bits per heavy atom. The topological polar surface area (TPSA) is 40.5 Å². The zero-order chi connectivity index (χ0) is 30.5. The normalized spacial score (nSPS) is 18.6. The molecule has 3 atom stereocenters. The molecule has 3 unspecified atom stereocenters. The third-order valence-electron chi connectivity index (χ3n) is 7.04. The van der Waals surface area contributed by atoms with Gasteiger partial charge in [0.25, 0.3) is 0 Å². The predicted molar refractivity (Wildman–Crippen MR) is 149 cm³/mol. The number of halogens is 6. The van der Waals surface area contributed by atoms with E-state index in [0.717, 1.165) is 30.7 Å². The Bertz CT molecular complexity index is 1250. The lowest BCUT2D eigenvalue weighted by atomic mass is 9.87. The van der Waals surface area contributed by atoms with Gasteiger partial charge >= 0.3 is 12.1 Å². The van der Waals surface area contributed by atoms with E-state index in [0.29, 0.717) is 46.7 Å². The van der Waals surface area contributed by atoms with Gasteiger partial charge in [0.1, 0.15) is 5.83 Å². The van der Waals surface area contributed by atoms with Crippen molar-refractivity contribution in [3.8, 4) is 11.1 Å². The van der Waals surface area contributed by atoms with E-state index in [2.05, 4.69) is 0 Å². The summed E-state index contributed by atoms with van der Waals surface area (Å²) in [5.41, 5.74) is 1.81. The number of allylic oxidation sites excluding steroid dienone is 2. The Morgan fingerprint density at radius 2 is 1.61 bits per heavy atom. The average molecular weight is 582 g/mol. The van der Waals surface area contributed by atoms with Gasteiger partial charge in [-0.2, -0.15) is 13.2 Å². The molecule has 0 spiro atoms. The molecule has 2 aromatic rings. The first-order valence-electron chi connectivity index (χ1n) is 13.8. The Hall–Kier alpha value is -3.07. The molecule has 2 aromatic carbocycles. The number of hydrogen-bond acceptors (Lipinski definition) is 2. The minimum Gasteiger partial charge on any atom is -0.481 e. The minimum atomic E-state index is -4.49. The van der Waals surface area contributed by atoms with Gasteiger partial charge in [0.2, 0.25) is 0 Å². The lowest BCUT2D eigenvalue weighted by Gasteiger charge is -2.27. The number of aliphatic carboxylic acids is 1. The van der Waals surface area contributed by atoms with E-state index in [9.17, 15) is 36.2 Å². The Balaban J connectivity index is 2.03. The van der Waals surface area contributed by atoms with E-state index in [4.69, 9.17) is 0 Å². The van der Waals surface area contributed by atoms with E-state index in [1.54, 1.807) is 18.2 Å². The van der Waals surface area contributed by atoms with Crippen LogP contribution in [0.3, 0.4) is 0 Å². The summed E-state index contributed by atoms with van der Waals surface area (Å²) in [6.45, 7) is 8.87. The number of hydrogen-bond donors (Lipinski definition) is 1. The van der Waals surface area contributed by atoms with Crippen molar-refractivity contribution < 1.29 is 36.2 Å². The minimum absolute atomic E-state index is 0.0738. The highest BCUT2D eigenvalue weighted by Crippen LogP contribution is 2.34.